The summed E-state index contributed by atoms with van der Waals surface area (Å²) in [6, 6.07) is 1.53. The molecule has 0 atom stereocenters. The molecule has 0 aliphatic carbocycles. The molecule has 0 unspecified atom stereocenters. The van der Waals surface area contributed by atoms with Crippen LogP contribution in [0.15, 0.2) is 22.0 Å². The van der Waals surface area contributed by atoms with Gasteiger partial charge in [-0.25, -0.2) is 23.2 Å². The molecule has 2 aromatic heterocycles. The number of sulfonamides is 1. The van der Waals surface area contributed by atoms with Gasteiger partial charge in [0.15, 0.2) is 9.90 Å². The normalized spacial score (nSPS) is 11.2. The van der Waals surface area contributed by atoms with Crippen LogP contribution >= 0.6 is 22.9 Å². The van der Waals surface area contributed by atoms with Crippen molar-refractivity contribution >= 4 is 44.6 Å². The second-order valence-electron chi connectivity index (χ2n) is 3.92. The Bertz CT molecular complexity index is 789. The number of hydrogen-bond acceptors (Lipinski definition) is 7. The molecule has 2 rings (SSSR count). The van der Waals surface area contributed by atoms with E-state index in [1.165, 1.54) is 17.8 Å². The molecule has 0 aliphatic rings. The molecule has 112 valence electrons. The molecule has 2 aromatic rings. The molecule has 7 nitrogen and oxygen atoms in total. The lowest BCUT2D eigenvalue weighted by Gasteiger charge is -2.08. The van der Waals surface area contributed by atoms with Crippen LogP contribution in [0.1, 0.15) is 16.1 Å². The van der Waals surface area contributed by atoms with Crippen molar-refractivity contribution in [2.24, 2.45) is 0 Å². The molecular weight excluding hydrogens is 338 g/mol. The predicted molar refractivity (Wildman–Crippen MR) is 78.2 cm³/mol. The number of anilines is 1. The highest BCUT2D eigenvalue weighted by atomic mass is 35.5. The van der Waals surface area contributed by atoms with E-state index in [-0.39, 0.29) is 20.7 Å². The second kappa shape index (κ2) is 5.96. The number of aromatic nitrogens is 2. The highest BCUT2D eigenvalue weighted by Crippen LogP contribution is 2.24. The van der Waals surface area contributed by atoms with Gasteiger partial charge in [-0.05, 0) is 18.6 Å². The fourth-order valence-electron chi connectivity index (χ4n) is 1.47. The number of ether oxygens (including phenoxy) is 1. The standard InChI is InChI=1S/C11H10ClN3O4S2/c1-6-3-7(4-13-9(6)12)15-21(17,18)11-8(10(16)19-2)14-5-20-11/h3-5,15H,1-2H3. The molecule has 10 heteroatoms. The fourth-order valence-corrected chi connectivity index (χ4v) is 3.75. The Morgan fingerprint density at radius 2 is 2.14 bits per heavy atom. The van der Waals surface area contributed by atoms with E-state index < -0.39 is 16.0 Å². The summed E-state index contributed by atoms with van der Waals surface area (Å²) in [5.74, 6) is -0.818. The van der Waals surface area contributed by atoms with Crippen molar-refractivity contribution in [3.05, 3.63) is 34.2 Å². The molecule has 0 bridgehead atoms. The van der Waals surface area contributed by atoms with Crippen molar-refractivity contribution in [1.82, 2.24) is 9.97 Å². The zero-order valence-corrected chi connectivity index (χ0v) is 13.3. The van der Waals surface area contributed by atoms with Gasteiger partial charge in [-0.3, -0.25) is 4.72 Å². The maximum Gasteiger partial charge on any atom is 0.358 e. The highest BCUT2D eigenvalue weighted by Gasteiger charge is 2.26. The first-order valence-corrected chi connectivity index (χ1v) is 8.26. The number of nitrogens with zero attached hydrogens (tertiary/aromatic N) is 2. The van der Waals surface area contributed by atoms with Crippen LogP contribution in [0.3, 0.4) is 0 Å². The molecule has 0 spiro atoms. The van der Waals surface area contributed by atoms with E-state index in [0.717, 1.165) is 18.4 Å². The lowest BCUT2D eigenvalue weighted by Crippen LogP contribution is -2.16. The second-order valence-corrected chi connectivity index (χ2v) is 7.01. The summed E-state index contributed by atoms with van der Waals surface area (Å²) in [7, 11) is -2.81. The SMILES string of the molecule is COC(=O)c1ncsc1S(=O)(=O)Nc1cnc(Cl)c(C)c1. The molecular formula is C11H10ClN3O4S2. The number of rotatable bonds is 4. The number of carbonyl (C=O) groups is 1. The minimum absolute atomic E-state index is 0.220. The Kier molecular flexibility index (Phi) is 4.45. The molecule has 0 fully saturated rings. The van der Waals surface area contributed by atoms with Gasteiger partial charge < -0.3 is 4.74 Å². The zero-order valence-electron chi connectivity index (χ0n) is 11.0. The predicted octanol–water partition coefficient (Wildman–Crippen LogP) is 2.09. The molecule has 2 heterocycles. The van der Waals surface area contributed by atoms with Crippen LogP contribution in [-0.4, -0.2) is 31.5 Å². The van der Waals surface area contributed by atoms with E-state index in [1.807, 2.05) is 0 Å². The highest BCUT2D eigenvalue weighted by molar-refractivity contribution is 7.94. The monoisotopic (exact) mass is 347 g/mol. The van der Waals surface area contributed by atoms with Gasteiger partial charge in [0.1, 0.15) is 5.15 Å². The summed E-state index contributed by atoms with van der Waals surface area (Å²) in [6.45, 7) is 1.69. The van der Waals surface area contributed by atoms with Crippen molar-refractivity contribution in [1.29, 1.82) is 0 Å². The molecule has 0 saturated heterocycles. The van der Waals surface area contributed by atoms with E-state index in [1.54, 1.807) is 6.92 Å². The number of aryl methyl sites for hydroxylation is 1. The number of thiazole rings is 1. The summed E-state index contributed by atoms with van der Waals surface area (Å²) < 4.78 is 31.2. The first kappa shape index (κ1) is 15.7. The topological polar surface area (TPSA) is 98.2 Å². The Balaban J connectivity index is 2.37. The van der Waals surface area contributed by atoms with E-state index in [0.29, 0.717) is 5.56 Å². The van der Waals surface area contributed by atoms with Crippen molar-refractivity contribution in [3.63, 3.8) is 0 Å². The largest absolute Gasteiger partial charge is 0.464 e. The summed E-state index contributed by atoms with van der Waals surface area (Å²) in [5, 5.41) is 0.283. The van der Waals surface area contributed by atoms with E-state index in [4.69, 9.17) is 11.6 Å². The van der Waals surface area contributed by atoms with Gasteiger partial charge in [-0.2, -0.15) is 0 Å². The minimum atomic E-state index is -3.96. The lowest BCUT2D eigenvalue weighted by molar-refractivity contribution is 0.0590. The average Bonchev–Trinajstić information content (AvgIpc) is 2.92. The molecule has 0 saturated carbocycles. The van der Waals surface area contributed by atoms with Gasteiger partial charge in [0, 0.05) is 0 Å². The summed E-state index contributed by atoms with van der Waals surface area (Å²) in [6.07, 6.45) is 1.28. The van der Waals surface area contributed by atoms with Gasteiger partial charge in [0.2, 0.25) is 0 Å². The summed E-state index contributed by atoms with van der Waals surface area (Å²) in [5.41, 5.74) is 1.86. The fraction of sp³-hybridized carbons (Fsp3) is 0.182. The van der Waals surface area contributed by atoms with Crippen LogP contribution in [-0.2, 0) is 14.8 Å². The Morgan fingerprint density at radius 3 is 2.76 bits per heavy atom. The van der Waals surface area contributed by atoms with Crippen molar-refractivity contribution in [3.8, 4) is 0 Å². The third kappa shape index (κ3) is 3.31. The Labute approximate surface area is 130 Å². The van der Waals surface area contributed by atoms with Crippen LogP contribution in [0.25, 0.3) is 0 Å². The molecule has 0 amide bonds. The van der Waals surface area contributed by atoms with E-state index in [2.05, 4.69) is 19.4 Å². The van der Waals surface area contributed by atoms with Crippen molar-refractivity contribution in [2.45, 2.75) is 11.1 Å². The van der Waals surface area contributed by atoms with Gasteiger partial charge in [-0.1, -0.05) is 11.6 Å². The quantitative estimate of drug-likeness (QED) is 0.671. The van der Waals surface area contributed by atoms with Crippen LogP contribution in [0, 0.1) is 6.92 Å². The van der Waals surface area contributed by atoms with E-state index >= 15 is 0 Å². The first-order chi connectivity index (χ1) is 9.85. The first-order valence-electron chi connectivity index (χ1n) is 5.52. The van der Waals surface area contributed by atoms with Crippen LogP contribution in [0.2, 0.25) is 5.15 Å². The lowest BCUT2D eigenvalue weighted by atomic mass is 10.3. The van der Waals surface area contributed by atoms with Crippen LogP contribution < -0.4 is 4.72 Å². The third-order valence-electron chi connectivity index (χ3n) is 2.42. The number of carbonyl (C=O) groups excluding carboxylic acids is 1. The van der Waals surface area contributed by atoms with E-state index in [9.17, 15) is 13.2 Å². The zero-order chi connectivity index (χ0) is 15.6. The Hall–Kier alpha value is -1.71. The van der Waals surface area contributed by atoms with Gasteiger partial charge >= 0.3 is 5.97 Å². The number of nitrogens with one attached hydrogen (secondary N) is 1. The number of halogens is 1. The number of esters is 1. The van der Waals surface area contributed by atoms with Gasteiger partial charge in [-0.15, -0.1) is 11.3 Å². The maximum absolute atomic E-state index is 12.3. The van der Waals surface area contributed by atoms with Gasteiger partial charge in [0.05, 0.1) is 24.5 Å². The summed E-state index contributed by atoms with van der Waals surface area (Å²) in [4.78, 5) is 19.1. The van der Waals surface area contributed by atoms with Crippen LogP contribution in [0.5, 0.6) is 0 Å². The smallest absolute Gasteiger partial charge is 0.358 e. The van der Waals surface area contributed by atoms with Crippen LogP contribution in [0.4, 0.5) is 5.69 Å². The molecule has 0 aromatic carbocycles. The molecule has 1 N–H and O–H groups in total. The number of methoxy groups -OCH3 is 1. The van der Waals surface area contributed by atoms with Crippen molar-refractivity contribution in [2.75, 3.05) is 11.8 Å². The maximum atomic E-state index is 12.3. The Morgan fingerprint density at radius 1 is 1.43 bits per heavy atom. The third-order valence-corrected chi connectivity index (χ3v) is 5.57. The average molecular weight is 348 g/mol. The summed E-state index contributed by atoms with van der Waals surface area (Å²) >= 11 is 6.60. The van der Waals surface area contributed by atoms with Crippen molar-refractivity contribution < 1.29 is 17.9 Å². The number of pyridine rings is 1. The molecule has 0 radical (unpaired) electrons. The molecule has 21 heavy (non-hydrogen) atoms. The number of hydrogen-bond donors (Lipinski definition) is 1. The minimum Gasteiger partial charge on any atom is -0.464 e. The molecule has 0 aliphatic heterocycles. The van der Waals surface area contributed by atoms with Gasteiger partial charge in [0.25, 0.3) is 10.0 Å².